The largest absolute Gasteiger partial charge is 0.489 e. The van der Waals surface area contributed by atoms with E-state index in [2.05, 4.69) is 10.5 Å². The molecular formula is C20H15Cl2N3O3. The van der Waals surface area contributed by atoms with Crippen LogP contribution in [0.4, 0.5) is 11.4 Å². The van der Waals surface area contributed by atoms with Crippen LogP contribution in [-0.2, 0) is 6.61 Å². The predicted octanol–water partition coefficient (Wildman–Crippen LogP) is 5.93. The molecule has 0 aliphatic carbocycles. The summed E-state index contributed by atoms with van der Waals surface area (Å²) in [6.07, 6.45) is 1.64. The van der Waals surface area contributed by atoms with Gasteiger partial charge in [-0.2, -0.15) is 5.10 Å². The molecule has 3 aromatic carbocycles. The van der Waals surface area contributed by atoms with Crippen LogP contribution in [0.2, 0.25) is 10.0 Å². The number of benzene rings is 3. The average Bonchev–Trinajstić information content (AvgIpc) is 2.69. The van der Waals surface area contributed by atoms with Crippen molar-refractivity contribution in [3.05, 3.63) is 98.0 Å². The fraction of sp³-hybridized carbons (Fsp3) is 0.0500. The quantitative estimate of drug-likeness (QED) is 0.294. The summed E-state index contributed by atoms with van der Waals surface area (Å²) in [6, 6.07) is 18.7. The molecular weight excluding hydrogens is 401 g/mol. The second-order valence-electron chi connectivity index (χ2n) is 5.77. The zero-order valence-corrected chi connectivity index (χ0v) is 16.0. The molecule has 0 aliphatic rings. The van der Waals surface area contributed by atoms with Crippen LogP contribution in [0.25, 0.3) is 0 Å². The Morgan fingerprint density at radius 3 is 2.39 bits per heavy atom. The molecule has 0 spiro atoms. The van der Waals surface area contributed by atoms with E-state index in [-0.39, 0.29) is 5.69 Å². The van der Waals surface area contributed by atoms with Gasteiger partial charge in [0.2, 0.25) is 0 Å². The van der Waals surface area contributed by atoms with Crippen molar-refractivity contribution in [2.24, 2.45) is 5.10 Å². The lowest BCUT2D eigenvalue weighted by Crippen LogP contribution is -1.96. The van der Waals surface area contributed by atoms with E-state index in [4.69, 9.17) is 27.9 Å². The van der Waals surface area contributed by atoms with Gasteiger partial charge in [0.25, 0.3) is 5.69 Å². The number of nitro groups is 1. The molecule has 0 unspecified atom stereocenters. The number of halogens is 2. The Morgan fingerprint density at radius 1 is 1.04 bits per heavy atom. The lowest BCUT2D eigenvalue weighted by Gasteiger charge is -2.08. The van der Waals surface area contributed by atoms with Crippen LogP contribution in [-0.4, -0.2) is 11.1 Å². The standard InChI is InChI=1S/C20H15Cl2N3O3/c21-16-4-3-15(20(22)11-16)13-28-19-9-1-14(2-10-19)12-23-24-17-5-7-18(8-6-17)25(26)27/h1-12,24H,13H2/b23-12+. The molecule has 3 aromatic rings. The lowest BCUT2D eigenvalue weighted by molar-refractivity contribution is -0.384. The summed E-state index contributed by atoms with van der Waals surface area (Å²) in [4.78, 5) is 10.2. The van der Waals surface area contributed by atoms with Gasteiger partial charge in [-0.25, -0.2) is 0 Å². The molecule has 0 amide bonds. The fourth-order valence-electron chi connectivity index (χ4n) is 2.29. The number of rotatable bonds is 7. The van der Waals surface area contributed by atoms with Gasteiger partial charge in [0.15, 0.2) is 0 Å². The van der Waals surface area contributed by atoms with Crippen molar-refractivity contribution in [1.29, 1.82) is 0 Å². The molecule has 0 saturated heterocycles. The summed E-state index contributed by atoms with van der Waals surface area (Å²) in [5.74, 6) is 0.700. The topological polar surface area (TPSA) is 76.8 Å². The molecule has 0 saturated carbocycles. The van der Waals surface area contributed by atoms with E-state index in [1.807, 2.05) is 30.3 Å². The number of nitrogens with one attached hydrogen (secondary N) is 1. The molecule has 0 aromatic heterocycles. The predicted molar refractivity (Wildman–Crippen MR) is 112 cm³/mol. The van der Waals surface area contributed by atoms with E-state index in [9.17, 15) is 10.1 Å². The van der Waals surface area contributed by atoms with Crippen LogP contribution in [0.5, 0.6) is 5.75 Å². The van der Waals surface area contributed by atoms with Crippen LogP contribution in [0.1, 0.15) is 11.1 Å². The first-order valence-corrected chi connectivity index (χ1v) is 8.97. The Hall–Kier alpha value is -3.09. The number of nitro benzene ring substituents is 1. The molecule has 0 radical (unpaired) electrons. The maximum atomic E-state index is 10.6. The van der Waals surface area contributed by atoms with E-state index in [0.717, 1.165) is 11.1 Å². The SMILES string of the molecule is O=[N+]([O-])c1ccc(N/N=C/c2ccc(OCc3ccc(Cl)cc3Cl)cc2)cc1. The molecule has 0 fully saturated rings. The first-order chi connectivity index (χ1) is 13.5. The van der Waals surface area contributed by atoms with Crippen molar-refractivity contribution in [1.82, 2.24) is 0 Å². The van der Waals surface area contributed by atoms with Crippen LogP contribution in [0.3, 0.4) is 0 Å². The van der Waals surface area contributed by atoms with Gasteiger partial charge in [0, 0.05) is 27.7 Å². The Morgan fingerprint density at radius 2 is 1.75 bits per heavy atom. The van der Waals surface area contributed by atoms with E-state index in [1.165, 1.54) is 12.1 Å². The molecule has 142 valence electrons. The summed E-state index contributed by atoms with van der Waals surface area (Å²) < 4.78 is 5.73. The molecule has 0 atom stereocenters. The third kappa shape index (κ3) is 5.45. The third-order valence-electron chi connectivity index (χ3n) is 3.77. The number of ether oxygens (including phenoxy) is 1. The Balaban J connectivity index is 1.53. The highest BCUT2D eigenvalue weighted by atomic mass is 35.5. The molecule has 0 heterocycles. The minimum Gasteiger partial charge on any atom is -0.489 e. The highest BCUT2D eigenvalue weighted by Gasteiger charge is 2.04. The molecule has 1 N–H and O–H groups in total. The van der Waals surface area contributed by atoms with Gasteiger partial charge < -0.3 is 4.74 Å². The first-order valence-electron chi connectivity index (χ1n) is 8.21. The highest BCUT2D eigenvalue weighted by molar-refractivity contribution is 6.35. The van der Waals surface area contributed by atoms with Gasteiger partial charge >= 0.3 is 0 Å². The molecule has 0 bridgehead atoms. The summed E-state index contributed by atoms with van der Waals surface area (Å²) in [6.45, 7) is 0.338. The van der Waals surface area contributed by atoms with Gasteiger partial charge in [0.05, 0.1) is 16.8 Å². The normalized spacial score (nSPS) is 10.8. The van der Waals surface area contributed by atoms with E-state index < -0.39 is 4.92 Å². The maximum absolute atomic E-state index is 10.6. The Bertz CT molecular complexity index is 991. The van der Waals surface area contributed by atoms with Gasteiger partial charge in [0.1, 0.15) is 12.4 Å². The fourth-order valence-corrected chi connectivity index (χ4v) is 2.75. The number of hydrazone groups is 1. The molecule has 28 heavy (non-hydrogen) atoms. The summed E-state index contributed by atoms with van der Waals surface area (Å²) in [5.41, 5.74) is 5.23. The van der Waals surface area contributed by atoms with Crippen molar-refractivity contribution < 1.29 is 9.66 Å². The van der Waals surface area contributed by atoms with Crippen molar-refractivity contribution in [2.45, 2.75) is 6.61 Å². The lowest BCUT2D eigenvalue weighted by atomic mass is 10.2. The monoisotopic (exact) mass is 415 g/mol. The van der Waals surface area contributed by atoms with Crippen molar-refractivity contribution in [2.75, 3.05) is 5.43 Å². The second kappa shape index (κ2) is 9.21. The summed E-state index contributed by atoms with van der Waals surface area (Å²) in [5, 5.41) is 15.9. The summed E-state index contributed by atoms with van der Waals surface area (Å²) >= 11 is 12.0. The van der Waals surface area contributed by atoms with Gasteiger partial charge in [-0.05, 0) is 54.1 Å². The first kappa shape index (κ1) is 19.7. The molecule has 0 aliphatic heterocycles. The zero-order chi connectivity index (χ0) is 19.9. The van der Waals surface area contributed by atoms with E-state index >= 15 is 0 Å². The average molecular weight is 416 g/mol. The van der Waals surface area contributed by atoms with Crippen LogP contribution in [0.15, 0.2) is 71.8 Å². The summed E-state index contributed by atoms with van der Waals surface area (Å²) in [7, 11) is 0. The second-order valence-corrected chi connectivity index (χ2v) is 6.61. The number of non-ortho nitro benzene ring substituents is 1. The van der Waals surface area contributed by atoms with Crippen molar-refractivity contribution in [3.8, 4) is 5.75 Å². The molecule has 3 rings (SSSR count). The molecule has 8 heteroatoms. The highest BCUT2D eigenvalue weighted by Crippen LogP contribution is 2.23. The number of hydrogen-bond acceptors (Lipinski definition) is 5. The minimum absolute atomic E-state index is 0.0324. The van der Waals surface area contributed by atoms with Gasteiger partial charge in [-0.1, -0.05) is 29.3 Å². The maximum Gasteiger partial charge on any atom is 0.269 e. The third-order valence-corrected chi connectivity index (χ3v) is 4.36. The van der Waals surface area contributed by atoms with Crippen molar-refractivity contribution in [3.63, 3.8) is 0 Å². The van der Waals surface area contributed by atoms with E-state index in [1.54, 1.807) is 30.5 Å². The number of nitrogens with zero attached hydrogens (tertiary/aromatic N) is 2. The van der Waals surface area contributed by atoms with Crippen LogP contribution in [0, 0.1) is 10.1 Å². The van der Waals surface area contributed by atoms with Gasteiger partial charge in [-0.3, -0.25) is 15.5 Å². The Labute approximate surface area is 171 Å². The zero-order valence-electron chi connectivity index (χ0n) is 14.5. The van der Waals surface area contributed by atoms with Gasteiger partial charge in [-0.15, -0.1) is 0 Å². The smallest absolute Gasteiger partial charge is 0.269 e. The van der Waals surface area contributed by atoms with Crippen molar-refractivity contribution >= 4 is 40.8 Å². The number of hydrogen-bond donors (Lipinski definition) is 1. The minimum atomic E-state index is -0.447. The number of anilines is 1. The Kier molecular flexibility index (Phi) is 6.47. The molecule has 6 nitrogen and oxygen atoms in total. The van der Waals surface area contributed by atoms with E-state index in [0.29, 0.717) is 28.1 Å². The van der Waals surface area contributed by atoms with Crippen LogP contribution < -0.4 is 10.2 Å². The van der Waals surface area contributed by atoms with Crippen LogP contribution >= 0.6 is 23.2 Å².